The molecule has 0 spiro atoms. The van der Waals surface area contributed by atoms with Crippen molar-refractivity contribution in [1.82, 2.24) is 0 Å². The third-order valence-corrected chi connectivity index (χ3v) is 3.51. The van der Waals surface area contributed by atoms with Gasteiger partial charge in [-0.05, 0) is 23.6 Å². The fraction of sp³-hybridized carbons (Fsp3) is 0.235. The number of anilines is 2. The normalized spacial score (nSPS) is 10.6. The Balaban J connectivity index is 2.48. The van der Waals surface area contributed by atoms with Crippen molar-refractivity contribution in [2.45, 2.75) is 19.8 Å². The topological polar surface area (TPSA) is 38.3 Å². The molecule has 0 atom stereocenters. The molecule has 0 heterocycles. The van der Waals surface area contributed by atoms with Crippen molar-refractivity contribution >= 4 is 17.3 Å². The van der Waals surface area contributed by atoms with Crippen LogP contribution < -0.4 is 5.32 Å². The highest BCUT2D eigenvalue weighted by Crippen LogP contribution is 2.29. The number of carbonyl (C=O) groups excluding carboxylic acids is 1. The zero-order valence-corrected chi connectivity index (χ0v) is 13.1. The zero-order chi connectivity index (χ0) is 17.9. The number of ether oxygens (including phenoxy) is 1. The lowest BCUT2D eigenvalue weighted by Crippen LogP contribution is -2.09. The van der Waals surface area contributed by atoms with Crippen LogP contribution in [0.2, 0.25) is 0 Å². The minimum Gasteiger partial charge on any atom is -0.469 e. The van der Waals surface area contributed by atoms with E-state index in [4.69, 9.17) is 0 Å². The van der Waals surface area contributed by atoms with E-state index in [1.54, 1.807) is 12.1 Å². The first-order chi connectivity index (χ1) is 11.4. The Morgan fingerprint density at radius 3 is 2.25 bits per heavy atom. The number of esters is 1. The highest BCUT2D eigenvalue weighted by Gasteiger charge is 2.20. The van der Waals surface area contributed by atoms with Gasteiger partial charge in [-0.15, -0.1) is 0 Å². The molecule has 0 radical (unpaired) electrons. The van der Waals surface area contributed by atoms with Crippen molar-refractivity contribution in [3.8, 4) is 0 Å². The van der Waals surface area contributed by atoms with Crippen LogP contribution in [0.25, 0.3) is 0 Å². The molecule has 0 aliphatic heterocycles. The van der Waals surface area contributed by atoms with Gasteiger partial charge >= 0.3 is 5.97 Å². The molecule has 0 amide bonds. The van der Waals surface area contributed by atoms with Crippen molar-refractivity contribution in [2.75, 3.05) is 12.4 Å². The van der Waals surface area contributed by atoms with E-state index in [9.17, 15) is 22.4 Å². The number of hydrogen-bond donors (Lipinski definition) is 1. The molecule has 2 aromatic rings. The minimum absolute atomic E-state index is 0.130. The molecule has 0 saturated carbocycles. The molecule has 0 fully saturated rings. The van der Waals surface area contributed by atoms with Crippen LogP contribution in [0.4, 0.5) is 28.9 Å². The molecule has 2 rings (SSSR count). The summed E-state index contributed by atoms with van der Waals surface area (Å²) < 4.78 is 58.8. The largest absolute Gasteiger partial charge is 0.469 e. The Hall–Kier alpha value is -2.57. The molecule has 1 N–H and O–H groups in total. The van der Waals surface area contributed by atoms with Crippen LogP contribution >= 0.6 is 0 Å². The zero-order valence-electron chi connectivity index (χ0n) is 13.1. The van der Waals surface area contributed by atoms with Crippen molar-refractivity contribution in [1.29, 1.82) is 0 Å². The van der Waals surface area contributed by atoms with E-state index in [-0.39, 0.29) is 18.2 Å². The number of carbonyl (C=O) groups is 1. The molecule has 2 aromatic carbocycles. The van der Waals surface area contributed by atoms with Gasteiger partial charge in [0, 0.05) is 11.8 Å². The monoisotopic (exact) mass is 341 g/mol. The SMILES string of the molecule is CCc1ccc(Nc2c(F)c(F)cc(F)c2F)c(CC(=O)OC)c1. The molecular weight excluding hydrogens is 326 g/mol. The summed E-state index contributed by atoms with van der Waals surface area (Å²) in [6, 6.07) is 4.95. The van der Waals surface area contributed by atoms with Crippen LogP contribution in [0.1, 0.15) is 18.1 Å². The van der Waals surface area contributed by atoms with Gasteiger partial charge in [0.25, 0.3) is 0 Å². The van der Waals surface area contributed by atoms with Gasteiger partial charge in [0.05, 0.1) is 13.5 Å². The van der Waals surface area contributed by atoms with Gasteiger partial charge in [0.15, 0.2) is 23.3 Å². The van der Waals surface area contributed by atoms with E-state index in [0.717, 1.165) is 5.56 Å². The standard InChI is InChI=1S/C17H15F4NO2/c1-3-9-4-5-13(10(6-9)7-14(23)24-2)22-17-15(20)11(18)8-12(19)16(17)21/h4-6,8,22H,3,7H2,1-2H3. The summed E-state index contributed by atoms with van der Waals surface area (Å²) >= 11 is 0. The average molecular weight is 341 g/mol. The summed E-state index contributed by atoms with van der Waals surface area (Å²) in [5, 5.41) is 2.33. The third-order valence-electron chi connectivity index (χ3n) is 3.51. The van der Waals surface area contributed by atoms with Crippen molar-refractivity contribution < 1.29 is 27.1 Å². The third kappa shape index (κ3) is 3.67. The predicted octanol–water partition coefficient (Wildman–Crippen LogP) is 4.26. The molecule has 0 saturated heterocycles. The Bertz CT molecular complexity index is 751. The summed E-state index contributed by atoms with van der Waals surface area (Å²) in [6.45, 7) is 1.89. The first-order valence-electron chi connectivity index (χ1n) is 7.16. The lowest BCUT2D eigenvalue weighted by molar-refractivity contribution is -0.139. The number of rotatable bonds is 5. The molecule has 0 aliphatic carbocycles. The molecule has 128 valence electrons. The van der Waals surface area contributed by atoms with E-state index < -0.39 is 34.9 Å². The number of aryl methyl sites for hydroxylation is 1. The predicted molar refractivity (Wildman–Crippen MR) is 81.1 cm³/mol. The van der Waals surface area contributed by atoms with Crippen LogP contribution in [0.3, 0.4) is 0 Å². The van der Waals surface area contributed by atoms with Crippen molar-refractivity contribution in [3.63, 3.8) is 0 Å². The van der Waals surface area contributed by atoms with Gasteiger partial charge in [-0.3, -0.25) is 4.79 Å². The first kappa shape index (κ1) is 17.8. The summed E-state index contributed by atoms with van der Waals surface area (Å²) in [6.07, 6.45) is 0.513. The molecule has 0 bridgehead atoms. The fourth-order valence-corrected chi connectivity index (χ4v) is 2.18. The summed E-state index contributed by atoms with van der Waals surface area (Å²) in [5.74, 6) is -6.68. The van der Waals surface area contributed by atoms with Crippen molar-refractivity contribution in [3.05, 3.63) is 58.7 Å². The Morgan fingerprint density at radius 2 is 1.71 bits per heavy atom. The molecule has 0 aliphatic rings. The first-order valence-corrected chi connectivity index (χ1v) is 7.16. The van der Waals surface area contributed by atoms with Gasteiger partial charge in [-0.1, -0.05) is 19.1 Å². The quantitative estimate of drug-likeness (QED) is 0.502. The summed E-state index contributed by atoms with van der Waals surface area (Å²) in [7, 11) is 1.21. The van der Waals surface area contributed by atoms with Gasteiger partial charge in [0.1, 0.15) is 5.69 Å². The lowest BCUT2D eigenvalue weighted by Gasteiger charge is -2.15. The van der Waals surface area contributed by atoms with Gasteiger partial charge in [-0.25, -0.2) is 17.6 Å². The van der Waals surface area contributed by atoms with E-state index in [1.165, 1.54) is 13.2 Å². The molecule has 24 heavy (non-hydrogen) atoms. The molecule has 0 aromatic heterocycles. The molecule has 0 unspecified atom stereocenters. The Labute approximate surface area is 136 Å². The summed E-state index contributed by atoms with van der Waals surface area (Å²) in [4.78, 5) is 11.5. The van der Waals surface area contributed by atoms with E-state index in [0.29, 0.717) is 12.0 Å². The highest BCUT2D eigenvalue weighted by molar-refractivity contribution is 5.77. The number of nitrogens with one attached hydrogen (secondary N) is 1. The highest BCUT2D eigenvalue weighted by atomic mass is 19.2. The lowest BCUT2D eigenvalue weighted by atomic mass is 10.0. The van der Waals surface area contributed by atoms with Gasteiger partial charge < -0.3 is 10.1 Å². The Kier molecular flexibility index (Phi) is 5.43. The average Bonchev–Trinajstić information content (AvgIpc) is 2.57. The molecule has 7 heteroatoms. The van der Waals surface area contributed by atoms with Crippen LogP contribution in [0.5, 0.6) is 0 Å². The smallest absolute Gasteiger partial charge is 0.310 e. The number of benzene rings is 2. The van der Waals surface area contributed by atoms with E-state index in [2.05, 4.69) is 10.1 Å². The van der Waals surface area contributed by atoms with Crippen LogP contribution in [-0.2, 0) is 22.4 Å². The maximum Gasteiger partial charge on any atom is 0.310 e. The maximum absolute atomic E-state index is 13.8. The van der Waals surface area contributed by atoms with E-state index in [1.807, 2.05) is 6.92 Å². The fourth-order valence-electron chi connectivity index (χ4n) is 2.18. The van der Waals surface area contributed by atoms with Crippen LogP contribution in [-0.4, -0.2) is 13.1 Å². The van der Waals surface area contributed by atoms with E-state index >= 15 is 0 Å². The van der Waals surface area contributed by atoms with Gasteiger partial charge in [0.2, 0.25) is 0 Å². The second-order valence-electron chi connectivity index (χ2n) is 5.07. The van der Waals surface area contributed by atoms with Crippen LogP contribution in [0.15, 0.2) is 24.3 Å². The number of halogens is 4. The summed E-state index contributed by atoms with van der Waals surface area (Å²) in [5.41, 5.74) is 0.471. The number of methoxy groups -OCH3 is 1. The minimum atomic E-state index is -1.54. The second-order valence-corrected chi connectivity index (χ2v) is 5.07. The maximum atomic E-state index is 13.8. The van der Waals surface area contributed by atoms with Gasteiger partial charge in [-0.2, -0.15) is 0 Å². The molecular formula is C17H15F4NO2. The Morgan fingerprint density at radius 1 is 1.08 bits per heavy atom. The number of hydrogen-bond acceptors (Lipinski definition) is 3. The second kappa shape index (κ2) is 7.33. The molecule has 3 nitrogen and oxygen atoms in total. The van der Waals surface area contributed by atoms with Crippen LogP contribution in [0, 0.1) is 23.3 Å². The van der Waals surface area contributed by atoms with Crippen molar-refractivity contribution in [2.24, 2.45) is 0 Å².